The number of hydrogen-bond donors (Lipinski definition) is 1. The summed E-state index contributed by atoms with van der Waals surface area (Å²) in [6, 6.07) is 5.22. The first-order valence-corrected chi connectivity index (χ1v) is 11.7. The number of alkyl halides is 2. The molecule has 0 spiro atoms. The van der Waals surface area contributed by atoms with E-state index in [0.717, 1.165) is 29.7 Å². The Hall–Kier alpha value is -3.05. The first-order valence-electron chi connectivity index (χ1n) is 10.9. The molecule has 1 aromatic carbocycles. The Kier molecular flexibility index (Phi) is 7.13. The quantitative estimate of drug-likeness (QED) is 0.422. The summed E-state index contributed by atoms with van der Waals surface area (Å²) in [6.07, 6.45) is 2.03. The van der Waals surface area contributed by atoms with Crippen LogP contribution in [-0.2, 0) is 17.8 Å². The number of fused-ring (bicyclic) bond motifs is 1. The van der Waals surface area contributed by atoms with Crippen molar-refractivity contribution < 1.29 is 27.8 Å². The lowest BCUT2D eigenvalue weighted by Crippen LogP contribution is -2.27. The van der Waals surface area contributed by atoms with Gasteiger partial charge in [-0.3, -0.25) is 9.69 Å². The van der Waals surface area contributed by atoms with E-state index in [1.54, 1.807) is 26.0 Å². The number of hydrogen-bond acceptors (Lipinski definition) is 8. The highest BCUT2D eigenvalue weighted by atomic mass is 32.1. The molecule has 0 bridgehead atoms. The van der Waals surface area contributed by atoms with Crippen molar-refractivity contribution in [3.05, 3.63) is 50.4 Å². The van der Waals surface area contributed by atoms with E-state index in [9.17, 15) is 18.4 Å². The van der Waals surface area contributed by atoms with E-state index >= 15 is 0 Å². The fraction of sp³-hybridized carbons (Fsp3) is 0.435. The van der Waals surface area contributed by atoms with Gasteiger partial charge in [0.2, 0.25) is 0 Å². The zero-order chi connectivity index (χ0) is 24.4. The largest absolute Gasteiger partial charge is 0.490 e. The van der Waals surface area contributed by atoms with E-state index in [-0.39, 0.29) is 17.1 Å². The van der Waals surface area contributed by atoms with Gasteiger partial charge in [0.05, 0.1) is 25.6 Å². The Bertz CT molecular complexity index is 1260. The number of nitrogens with one attached hydrogen (secondary N) is 1. The summed E-state index contributed by atoms with van der Waals surface area (Å²) in [6.45, 7) is 1.75. The Morgan fingerprint density at radius 3 is 2.71 bits per heavy atom. The van der Waals surface area contributed by atoms with Crippen LogP contribution in [-0.4, -0.2) is 47.2 Å². The molecule has 3 aromatic rings. The average molecular weight is 494 g/mol. The van der Waals surface area contributed by atoms with E-state index in [4.69, 9.17) is 9.47 Å². The third kappa shape index (κ3) is 5.20. The van der Waals surface area contributed by atoms with Crippen LogP contribution in [0.1, 0.15) is 46.4 Å². The number of halogens is 2. The molecule has 182 valence electrons. The van der Waals surface area contributed by atoms with Gasteiger partial charge < -0.3 is 19.2 Å². The van der Waals surface area contributed by atoms with Crippen LogP contribution in [0.3, 0.4) is 0 Å². The molecule has 0 atom stereocenters. The van der Waals surface area contributed by atoms with Crippen LogP contribution >= 0.6 is 11.3 Å². The molecule has 0 radical (unpaired) electrons. The van der Waals surface area contributed by atoms with Crippen molar-refractivity contribution in [1.29, 1.82) is 0 Å². The number of aromatic nitrogens is 2. The number of H-pyrrole nitrogens is 1. The molecule has 2 heterocycles. The van der Waals surface area contributed by atoms with E-state index in [1.165, 1.54) is 13.2 Å². The monoisotopic (exact) mass is 493 g/mol. The van der Waals surface area contributed by atoms with E-state index in [0.29, 0.717) is 52.2 Å². The molecule has 2 aromatic heterocycles. The average Bonchev–Trinajstić information content (AvgIpc) is 3.58. The highest BCUT2D eigenvalue weighted by molar-refractivity contribution is 7.20. The standard InChI is InChI=1S/C23H25F2N3O5S/c1-4-32-16-9-13(5-8-15(16)33-23(24)25)10-28(14-6-7-14)11-17-26-20(29)18-12(2)19(22(30)31-3)34-21(18)27-17/h5,8-9,14,23H,4,6-7,10-11H2,1-3H3,(H,26,27,29). The van der Waals surface area contributed by atoms with Gasteiger partial charge in [-0.05, 0) is 49.9 Å². The fourth-order valence-electron chi connectivity index (χ4n) is 3.84. The second kappa shape index (κ2) is 10.1. The molecule has 1 N–H and O–H groups in total. The lowest BCUT2D eigenvalue weighted by Gasteiger charge is -2.22. The first-order chi connectivity index (χ1) is 16.3. The van der Waals surface area contributed by atoms with Crippen LogP contribution < -0.4 is 15.0 Å². The maximum Gasteiger partial charge on any atom is 0.387 e. The Labute approximate surface area is 198 Å². The minimum Gasteiger partial charge on any atom is -0.490 e. The first kappa shape index (κ1) is 24.1. The van der Waals surface area contributed by atoms with Crippen molar-refractivity contribution in [3.8, 4) is 11.5 Å². The third-order valence-corrected chi connectivity index (χ3v) is 6.71. The third-order valence-electron chi connectivity index (χ3n) is 5.55. The minimum absolute atomic E-state index is 0.00973. The maximum absolute atomic E-state index is 12.8. The van der Waals surface area contributed by atoms with Crippen LogP contribution in [0.15, 0.2) is 23.0 Å². The zero-order valence-corrected chi connectivity index (χ0v) is 19.8. The second-order valence-corrected chi connectivity index (χ2v) is 8.97. The lowest BCUT2D eigenvalue weighted by molar-refractivity contribution is -0.0514. The Morgan fingerprint density at radius 1 is 1.29 bits per heavy atom. The number of aromatic amines is 1. The van der Waals surface area contributed by atoms with E-state index in [2.05, 4.69) is 19.6 Å². The van der Waals surface area contributed by atoms with Crippen molar-refractivity contribution >= 4 is 27.5 Å². The van der Waals surface area contributed by atoms with Gasteiger partial charge in [0.25, 0.3) is 5.56 Å². The Balaban J connectivity index is 1.59. The number of methoxy groups -OCH3 is 1. The van der Waals surface area contributed by atoms with E-state index in [1.807, 2.05) is 0 Å². The van der Waals surface area contributed by atoms with Crippen molar-refractivity contribution in [2.75, 3.05) is 13.7 Å². The molecule has 8 nitrogen and oxygen atoms in total. The number of carbonyl (C=O) groups excluding carboxylic acids is 1. The van der Waals surface area contributed by atoms with Gasteiger partial charge in [0, 0.05) is 12.6 Å². The Morgan fingerprint density at radius 2 is 2.06 bits per heavy atom. The number of ether oxygens (including phenoxy) is 3. The molecular weight excluding hydrogens is 468 g/mol. The number of thiophene rings is 1. The van der Waals surface area contributed by atoms with Crippen molar-refractivity contribution in [3.63, 3.8) is 0 Å². The second-order valence-electron chi connectivity index (χ2n) is 7.97. The molecule has 4 rings (SSSR count). The normalized spacial score (nSPS) is 13.6. The van der Waals surface area contributed by atoms with Crippen molar-refractivity contribution in [1.82, 2.24) is 14.9 Å². The number of carbonyl (C=O) groups is 1. The van der Waals surface area contributed by atoms with E-state index < -0.39 is 12.6 Å². The summed E-state index contributed by atoms with van der Waals surface area (Å²) in [5, 5.41) is 0.392. The number of esters is 1. The smallest absolute Gasteiger partial charge is 0.387 e. The van der Waals surface area contributed by atoms with Crippen LogP contribution in [0.4, 0.5) is 8.78 Å². The van der Waals surface area contributed by atoms with Gasteiger partial charge in [-0.15, -0.1) is 11.3 Å². The summed E-state index contributed by atoms with van der Waals surface area (Å²) in [7, 11) is 1.30. The lowest BCUT2D eigenvalue weighted by atomic mass is 10.1. The molecule has 0 unspecified atom stereocenters. The maximum atomic E-state index is 12.8. The highest BCUT2D eigenvalue weighted by Gasteiger charge is 2.30. The van der Waals surface area contributed by atoms with Gasteiger partial charge >= 0.3 is 12.6 Å². The van der Waals surface area contributed by atoms with Gasteiger partial charge in [0.15, 0.2) is 11.5 Å². The molecule has 11 heteroatoms. The molecule has 0 amide bonds. The van der Waals surface area contributed by atoms with Crippen LogP contribution in [0.2, 0.25) is 0 Å². The number of nitrogens with zero attached hydrogens (tertiary/aromatic N) is 2. The number of aryl methyl sites for hydroxylation is 1. The molecule has 0 aliphatic heterocycles. The molecule has 1 aliphatic rings. The molecule has 1 fully saturated rings. The van der Waals surface area contributed by atoms with Crippen LogP contribution in [0, 0.1) is 6.92 Å². The summed E-state index contributed by atoms with van der Waals surface area (Å²) >= 11 is 1.14. The van der Waals surface area contributed by atoms with Crippen LogP contribution in [0.25, 0.3) is 10.2 Å². The van der Waals surface area contributed by atoms with Gasteiger partial charge in [0.1, 0.15) is 15.5 Å². The van der Waals surface area contributed by atoms with Gasteiger partial charge in [-0.1, -0.05) is 6.07 Å². The highest BCUT2D eigenvalue weighted by Crippen LogP contribution is 2.34. The predicted molar refractivity (Wildman–Crippen MR) is 123 cm³/mol. The predicted octanol–water partition coefficient (Wildman–Crippen LogP) is 4.24. The summed E-state index contributed by atoms with van der Waals surface area (Å²) in [5.74, 6) is 0.244. The minimum atomic E-state index is -2.94. The van der Waals surface area contributed by atoms with Gasteiger partial charge in [-0.25, -0.2) is 9.78 Å². The molecule has 0 saturated heterocycles. The summed E-state index contributed by atoms with van der Waals surface area (Å²) in [4.78, 5) is 35.2. The molecule has 34 heavy (non-hydrogen) atoms. The van der Waals surface area contributed by atoms with Crippen LogP contribution in [0.5, 0.6) is 11.5 Å². The molecule has 1 saturated carbocycles. The van der Waals surface area contributed by atoms with Crippen molar-refractivity contribution in [2.24, 2.45) is 0 Å². The van der Waals surface area contributed by atoms with Gasteiger partial charge in [-0.2, -0.15) is 8.78 Å². The molecular formula is C23H25F2N3O5S. The molecule has 1 aliphatic carbocycles. The fourth-order valence-corrected chi connectivity index (χ4v) is 4.96. The SMILES string of the molecule is CCOc1cc(CN(Cc2nc3sc(C(=O)OC)c(C)c3c(=O)[nH]2)C2CC2)ccc1OC(F)F. The number of rotatable bonds is 10. The topological polar surface area (TPSA) is 93.7 Å². The number of benzene rings is 1. The zero-order valence-electron chi connectivity index (χ0n) is 19.0. The summed E-state index contributed by atoms with van der Waals surface area (Å²) in [5.41, 5.74) is 1.12. The van der Waals surface area contributed by atoms with Crippen molar-refractivity contribution in [2.45, 2.75) is 52.4 Å². The summed E-state index contributed by atoms with van der Waals surface area (Å²) < 4.78 is 40.2.